The topological polar surface area (TPSA) is 32.3 Å². The standard InChI is InChI=1S/C20H20F2N2O/c1-4-15-7-5-8-16(12-15)24(3)13-20(25)23-14(2)11-17-18(21)9-6-10-19(17)22/h1,5-10,12,14H,11,13H2,2-3H3,(H,23,25). The molecule has 0 saturated carbocycles. The Morgan fingerprint density at radius 1 is 1.24 bits per heavy atom. The van der Waals surface area contributed by atoms with Crippen molar-refractivity contribution in [3.8, 4) is 12.3 Å². The molecule has 130 valence electrons. The molecule has 0 aliphatic heterocycles. The summed E-state index contributed by atoms with van der Waals surface area (Å²) in [6.45, 7) is 1.82. The second-order valence-electron chi connectivity index (χ2n) is 5.92. The highest BCUT2D eigenvalue weighted by Gasteiger charge is 2.15. The minimum Gasteiger partial charge on any atom is -0.365 e. The highest BCUT2D eigenvalue weighted by Crippen LogP contribution is 2.15. The number of hydrogen-bond acceptors (Lipinski definition) is 2. The van der Waals surface area contributed by atoms with E-state index in [4.69, 9.17) is 6.42 Å². The molecule has 0 spiro atoms. The van der Waals surface area contributed by atoms with E-state index in [0.717, 1.165) is 11.3 Å². The number of terminal acetylenes is 1. The maximum Gasteiger partial charge on any atom is 0.239 e. The number of rotatable bonds is 6. The van der Waals surface area contributed by atoms with Crippen molar-refractivity contribution in [2.75, 3.05) is 18.5 Å². The third-order valence-electron chi connectivity index (χ3n) is 3.81. The van der Waals surface area contributed by atoms with Crippen LogP contribution in [0.3, 0.4) is 0 Å². The summed E-state index contributed by atoms with van der Waals surface area (Å²) in [6.07, 6.45) is 5.46. The van der Waals surface area contributed by atoms with Gasteiger partial charge in [-0.05, 0) is 43.7 Å². The molecule has 2 aromatic carbocycles. The summed E-state index contributed by atoms with van der Waals surface area (Å²) in [4.78, 5) is 13.9. The molecular formula is C20H20F2N2O. The number of benzene rings is 2. The number of nitrogens with zero attached hydrogens (tertiary/aromatic N) is 1. The Bertz CT molecular complexity index is 778. The van der Waals surface area contributed by atoms with Crippen molar-refractivity contribution >= 4 is 11.6 Å². The fourth-order valence-corrected chi connectivity index (χ4v) is 2.54. The zero-order valence-corrected chi connectivity index (χ0v) is 14.2. The van der Waals surface area contributed by atoms with Crippen LogP contribution in [0.15, 0.2) is 42.5 Å². The van der Waals surface area contributed by atoms with E-state index in [-0.39, 0.29) is 24.4 Å². The lowest BCUT2D eigenvalue weighted by Gasteiger charge is -2.21. The number of amides is 1. The van der Waals surface area contributed by atoms with Crippen LogP contribution in [-0.4, -0.2) is 25.5 Å². The maximum absolute atomic E-state index is 13.7. The molecule has 0 aliphatic rings. The Kier molecular flexibility index (Phi) is 6.13. The largest absolute Gasteiger partial charge is 0.365 e. The van der Waals surface area contributed by atoms with Gasteiger partial charge in [-0.1, -0.05) is 18.1 Å². The van der Waals surface area contributed by atoms with E-state index >= 15 is 0 Å². The third kappa shape index (κ3) is 5.05. The highest BCUT2D eigenvalue weighted by molar-refractivity contribution is 5.81. The van der Waals surface area contributed by atoms with Crippen molar-refractivity contribution < 1.29 is 13.6 Å². The van der Waals surface area contributed by atoms with Crippen LogP contribution in [0.5, 0.6) is 0 Å². The van der Waals surface area contributed by atoms with Gasteiger partial charge in [0.25, 0.3) is 0 Å². The number of hydrogen-bond donors (Lipinski definition) is 1. The zero-order chi connectivity index (χ0) is 18.4. The van der Waals surface area contributed by atoms with Gasteiger partial charge in [0.1, 0.15) is 11.6 Å². The third-order valence-corrected chi connectivity index (χ3v) is 3.81. The van der Waals surface area contributed by atoms with Crippen LogP contribution >= 0.6 is 0 Å². The predicted molar refractivity (Wildman–Crippen MR) is 95.3 cm³/mol. The molecule has 5 heteroatoms. The van der Waals surface area contributed by atoms with E-state index < -0.39 is 17.7 Å². The monoisotopic (exact) mass is 342 g/mol. The van der Waals surface area contributed by atoms with Crippen LogP contribution in [-0.2, 0) is 11.2 Å². The van der Waals surface area contributed by atoms with Crippen molar-refractivity contribution in [2.45, 2.75) is 19.4 Å². The molecule has 1 N–H and O–H groups in total. The maximum atomic E-state index is 13.7. The van der Waals surface area contributed by atoms with E-state index in [9.17, 15) is 13.6 Å². The summed E-state index contributed by atoms with van der Waals surface area (Å²) in [5.74, 6) is 1.10. The molecular weight excluding hydrogens is 322 g/mol. The van der Waals surface area contributed by atoms with E-state index in [0.29, 0.717) is 0 Å². The summed E-state index contributed by atoms with van der Waals surface area (Å²) in [5, 5.41) is 2.76. The van der Waals surface area contributed by atoms with Crippen LogP contribution < -0.4 is 10.2 Å². The quantitative estimate of drug-likeness (QED) is 0.818. The number of carbonyl (C=O) groups is 1. The second kappa shape index (κ2) is 8.29. The molecule has 0 aliphatic carbocycles. The van der Waals surface area contributed by atoms with E-state index in [1.54, 1.807) is 18.9 Å². The summed E-state index contributed by atoms with van der Waals surface area (Å²) in [6, 6.07) is 10.6. The molecule has 2 aromatic rings. The Morgan fingerprint density at radius 3 is 2.52 bits per heavy atom. The van der Waals surface area contributed by atoms with Gasteiger partial charge in [0.05, 0.1) is 6.54 Å². The average molecular weight is 342 g/mol. The van der Waals surface area contributed by atoms with Gasteiger partial charge in [-0.15, -0.1) is 6.42 Å². The fraction of sp³-hybridized carbons (Fsp3) is 0.250. The summed E-state index contributed by atoms with van der Waals surface area (Å²) >= 11 is 0. The molecule has 0 radical (unpaired) electrons. The van der Waals surface area contributed by atoms with Crippen LogP contribution in [0, 0.1) is 24.0 Å². The van der Waals surface area contributed by atoms with Crippen molar-refractivity contribution in [3.05, 3.63) is 65.2 Å². The SMILES string of the molecule is C#Cc1cccc(N(C)CC(=O)NC(C)Cc2c(F)cccc2F)c1. The molecule has 0 aromatic heterocycles. The summed E-state index contributed by atoms with van der Waals surface area (Å²) in [5.41, 5.74) is 1.52. The predicted octanol–water partition coefficient (Wildman–Crippen LogP) is 3.13. The Labute approximate surface area is 146 Å². The lowest BCUT2D eigenvalue weighted by atomic mass is 10.1. The van der Waals surface area contributed by atoms with Gasteiger partial charge >= 0.3 is 0 Å². The number of carbonyl (C=O) groups excluding carboxylic acids is 1. The van der Waals surface area contributed by atoms with Gasteiger partial charge in [0.2, 0.25) is 5.91 Å². The molecule has 0 fully saturated rings. The first kappa shape index (κ1) is 18.5. The van der Waals surface area contributed by atoms with Crippen molar-refractivity contribution in [1.82, 2.24) is 5.32 Å². The number of nitrogens with one attached hydrogen (secondary N) is 1. The van der Waals surface area contributed by atoms with E-state index in [1.165, 1.54) is 18.2 Å². The van der Waals surface area contributed by atoms with Crippen molar-refractivity contribution in [3.63, 3.8) is 0 Å². The lowest BCUT2D eigenvalue weighted by molar-refractivity contribution is -0.120. The molecule has 0 bridgehead atoms. The number of anilines is 1. The normalized spacial score (nSPS) is 11.5. The summed E-state index contributed by atoms with van der Waals surface area (Å²) < 4.78 is 27.3. The minimum absolute atomic E-state index is 0.0228. The minimum atomic E-state index is -0.607. The Balaban J connectivity index is 1.94. The first-order valence-electron chi connectivity index (χ1n) is 7.90. The Morgan fingerprint density at radius 2 is 1.88 bits per heavy atom. The van der Waals surface area contributed by atoms with Crippen LogP contribution in [0.1, 0.15) is 18.1 Å². The average Bonchev–Trinajstić information content (AvgIpc) is 2.58. The van der Waals surface area contributed by atoms with Crippen LogP contribution in [0.2, 0.25) is 0 Å². The highest BCUT2D eigenvalue weighted by atomic mass is 19.1. The van der Waals surface area contributed by atoms with Gasteiger partial charge in [-0.25, -0.2) is 8.78 Å². The number of likely N-dealkylation sites (N-methyl/N-ethyl adjacent to an activating group) is 1. The smallest absolute Gasteiger partial charge is 0.239 e. The lowest BCUT2D eigenvalue weighted by Crippen LogP contribution is -2.41. The molecule has 25 heavy (non-hydrogen) atoms. The van der Waals surface area contributed by atoms with Crippen LogP contribution in [0.25, 0.3) is 0 Å². The van der Waals surface area contributed by atoms with Gasteiger partial charge in [-0.3, -0.25) is 4.79 Å². The molecule has 0 saturated heterocycles. The van der Waals surface area contributed by atoms with Gasteiger partial charge in [0, 0.05) is 29.9 Å². The Hall–Kier alpha value is -2.87. The zero-order valence-electron chi connectivity index (χ0n) is 14.2. The van der Waals surface area contributed by atoms with Gasteiger partial charge in [-0.2, -0.15) is 0 Å². The molecule has 1 atom stereocenters. The fourth-order valence-electron chi connectivity index (χ4n) is 2.54. The van der Waals surface area contributed by atoms with E-state index in [1.807, 2.05) is 24.3 Å². The molecule has 3 nitrogen and oxygen atoms in total. The molecule has 1 amide bonds. The molecule has 2 rings (SSSR count). The first-order chi connectivity index (χ1) is 11.9. The first-order valence-corrected chi connectivity index (χ1v) is 7.90. The van der Waals surface area contributed by atoms with E-state index in [2.05, 4.69) is 11.2 Å². The van der Waals surface area contributed by atoms with Crippen LogP contribution in [0.4, 0.5) is 14.5 Å². The van der Waals surface area contributed by atoms with Gasteiger partial charge in [0.15, 0.2) is 0 Å². The molecule has 0 heterocycles. The number of halogens is 2. The van der Waals surface area contributed by atoms with Crippen molar-refractivity contribution in [1.29, 1.82) is 0 Å². The van der Waals surface area contributed by atoms with Gasteiger partial charge < -0.3 is 10.2 Å². The second-order valence-corrected chi connectivity index (χ2v) is 5.92. The summed E-state index contributed by atoms with van der Waals surface area (Å²) in [7, 11) is 1.77. The van der Waals surface area contributed by atoms with Crippen molar-refractivity contribution in [2.24, 2.45) is 0 Å². The molecule has 1 unspecified atom stereocenters.